The lowest BCUT2D eigenvalue weighted by atomic mass is 9.77. The van der Waals surface area contributed by atoms with Crippen molar-refractivity contribution in [3.8, 4) is 0 Å². The summed E-state index contributed by atoms with van der Waals surface area (Å²) >= 11 is 1.92. The van der Waals surface area contributed by atoms with E-state index in [1.165, 1.54) is 43.5 Å². The first-order valence-electron chi connectivity index (χ1n) is 9.55. The Balaban J connectivity index is 1.41. The van der Waals surface area contributed by atoms with E-state index >= 15 is 0 Å². The second kappa shape index (κ2) is 7.56. The van der Waals surface area contributed by atoms with Crippen LogP contribution in [0.4, 0.5) is 0 Å². The molecule has 4 heteroatoms. The highest BCUT2D eigenvalue weighted by atomic mass is 32.1. The quantitative estimate of drug-likeness (QED) is 0.802. The Morgan fingerprint density at radius 1 is 1.20 bits per heavy atom. The smallest absolute Gasteiger partial charge is 0.0330 e. The average molecular weight is 356 g/mol. The van der Waals surface area contributed by atoms with Crippen molar-refractivity contribution in [3.63, 3.8) is 0 Å². The first-order chi connectivity index (χ1) is 12.2. The first-order valence-corrected chi connectivity index (χ1v) is 10.4. The fraction of sp³-hybridized carbons (Fsp3) is 0.571. The van der Waals surface area contributed by atoms with E-state index in [9.17, 15) is 0 Å². The van der Waals surface area contributed by atoms with E-state index in [1.807, 2.05) is 23.7 Å². The van der Waals surface area contributed by atoms with Crippen LogP contribution in [0.5, 0.6) is 0 Å². The van der Waals surface area contributed by atoms with Crippen LogP contribution in [0.1, 0.15) is 35.3 Å². The van der Waals surface area contributed by atoms with Crippen LogP contribution in [0.3, 0.4) is 0 Å². The Bertz CT molecular complexity index is 683. The van der Waals surface area contributed by atoms with Gasteiger partial charge in [-0.1, -0.05) is 6.42 Å². The number of hydrogen-bond donors (Lipinski definition) is 0. The van der Waals surface area contributed by atoms with Gasteiger partial charge in [-0.25, -0.2) is 0 Å². The highest BCUT2D eigenvalue weighted by Crippen LogP contribution is 2.39. The molecule has 1 aliphatic heterocycles. The molecule has 0 radical (unpaired) electrons. The van der Waals surface area contributed by atoms with Crippen molar-refractivity contribution < 1.29 is 0 Å². The lowest BCUT2D eigenvalue weighted by Gasteiger charge is -2.39. The van der Waals surface area contributed by atoms with Gasteiger partial charge in [0.25, 0.3) is 0 Å². The number of thiophene rings is 1. The maximum absolute atomic E-state index is 4.15. The minimum atomic E-state index is 0.723. The normalized spacial score (nSPS) is 26.9. The predicted octanol–water partition coefficient (Wildman–Crippen LogP) is 4.18. The number of aryl methyl sites for hydroxylation is 1. The van der Waals surface area contributed by atoms with Crippen LogP contribution in [0, 0.1) is 18.8 Å². The largest absolute Gasteiger partial charge is 0.299 e. The molecule has 134 valence electrons. The zero-order valence-electron chi connectivity index (χ0n) is 15.4. The van der Waals surface area contributed by atoms with Crippen molar-refractivity contribution in [1.29, 1.82) is 0 Å². The van der Waals surface area contributed by atoms with Crippen LogP contribution >= 0.6 is 11.3 Å². The molecule has 25 heavy (non-hydrogen) atoms. The third kappa shape index (κ3) is 3.81. The fourth-order valence-corrected chi connectivity index (χ4v) is 5.82. The van der Waals surface area contributed by atoms with Crippen molar-refractivity contribution >= 4 is 11.3 Å². The highest BCUT2D eigenvalue weighted by molar-refractivity contribution is 7.10. The number of pyridine rings is 1. The summed E-state index contributed by atoms with van der Waals surface area (Å²) in [5, 5.41) is 2.24. The summed E-state index contributed by atoms with van der Waals surface area (Å²) in [5.41, 5.74) is 2.84. The molecule has 3 nitrogen and oxygen atoms in total. The van der Waals surface area contributed by atoms with Crippen LogP contribution in [-0.2, 0) is 13.1 Å². The van der Waals surface area contributed by atoms with Crippen LogP contribution in [-0.4, -0.2) is 41.0 Å². The van der Waals surface area contributed by atoms with Gasteiger partial charge in [0.05, 0.1) is 0 Å². The van der Waals surface area contributed by atoms with Crippen molar-refractivity contribution in [1.82, 2.24) is 14.8 Å². The SMILES string of the molecule is Cc1ccsc1CN1CC2CCCC(N(C)Cc3ccncc3)C2C1. The number of hydrogen-bond acceptors (Lipinski definition) is 4. The molecule has 2 aliphatic rings. The molecule has 0 N–H and O–H groups in total. The predicted molar refractivity (Wildman–Crippen MR) is 105 cm³/mol. The topological polar surface area (TPSA) is 19.4 Å². The van der Waals surface area contributed by atoms with Gasteiger partial charge in [0.1, 0.15) is 0 Å². The molecule has 3 atom stereocenters. The molecule has 0 aromatic carbocycles. The Hall–Kier alpha value is -1.23. The van der Waals surface area contributed by atoms with Gasteiger partial charge in [0.15, 0.2) is 0 Å². The lowest BCUT2D eigenvalue weighted by Crippen LogP contribution is -2.43. The third-order valence-electron chi connectivity index (χ3n) is 6.22. The molecule has 3 heterocycles. The molecule has 2 aromatic rings. The second-order valence-electron chi connectivity index (χ2n) is 7.91. The molecule has 4 rings (SSSR count). The maximum Gasteiger partial charge on any atom is 0.0330 e. The van der Waals surface area contributed by atoms with Gasteiger partial charge >= 0.3 is 0 Å². The highest BCUT2D eigenvalue weighted by Gasteiger charge is 2.41. The zero-order chi connectivity index (χ0) is 17.2. The summed E-state index contributed by atoms with van der Waals surface area (Å²) in [6, 6.07) is 7.28. The molecule has 2 fully saturated rings. The number of nitrogens with zero attached hydrogens (tertiary/aromatic N) is 3. The summed E-state index contributed by atoms with van der Waals surface area (Å²) in [4.78, 5) is 11.0. The molecular formula is C21H29N3S. The third-order valence-corrected chi connectivity index (χ3v) is 7.23. The number of likely N-dealkylation sites (tertiary alicyclic amines) is 1. The number of fused-ring (bicyclic) bond motifs is 1. The summed E-state index contributed by atoms with van der Waals surface area (Å²) in [6.45, 7) is 7.01. The van der Waals surface area contributed by atoms with Gasteiger partial charge in [0.2, 0.25) is 0 Å². The van der Waals surface area contributed by atoms with E-state index in [2.05, 4.69) is 52.3 Å². The van der Waals surface area contributed by atoms with Crippen LogP contribution in [0.15, 0.2) is 36.0 Å². The Morgan fingerprint density at radius 2 is 2.04 bits per heavy atom. The van der Waals surface area contributed by atoms with E-state index in [0.29, 0.717) is 0 Å². The molecule has 1 saturated heterocycles. The van der Waals surface area contributed by atoms with Crippen LogP contribution < -0.4 is 0 Å². The van der Waals surface area contributed by atoms with Gasteiger partial charge in [-0.2, -0.15) is 0 Å². The van der Waals surface area contributed by atoms with E-state index < -0.39 is 0 Å². The fourth-order valence-electron chi connectivity index (χ4n) is 4.87. The molecule has 3 unspecified atom stereocenters. The van der Waals surface area contributed by atoms with E-state index in [0.717, 1.165) is 31.0 Å². The zero-order valence-corrected chi connectivity index (χ0v) is 16.2. The molecular weight excluding hydrogens is 326 g/mol. The Morgan fingerprint density at radius 3 is 2.80 bits per heavy atom. The van der Waals surface area contributed by atoms with Crippen molar-refractivity contribution in [3.05, 3.63) is 52.0 Å². The first kappa shape index (κ1) is 17.2. The summed E-state index contributed by atoms with van der Waals surface area (Å²) in [5.74, 6) is 1.72. The summed E-state index contributed by atoms with van der Waals surface area (Å²) in [7, 11) is 2.32. The van der Waals surface area contributed by atoms with Crippen molar-refractivity contribution in [2.24, 2.45) is 11.8 Å². The van der Waals surface area contributed by atoms with E-state index in [4.69, 9.17) is 0 Å². The average Bonchev–Trinajstić information content (AvgIpc) is 3.21. The molecule has 0 spiro atoms. The Kier molecular flexibility index (Phi) is 5.20. The van der Waals surface area contributed by atoms with Crippen LogP contribution in [0.25, 0.3) is 0 Å². The van der Waals surface area contributed by atoms with E-state index in [1.54, 1.807) is 4.88 Å². The van der Waals surface area contributed by atoms with Gasteiger partial charge in [-0.05, 0) is 73.4 Å². The maximum atomic E-state index is 4.15. The van der Waals surface area contributed by atoms with Gasteiger partial charge in [-0.15, -0.1) is 11.3 Å². The molecule has 2 aromatic heterocycles. The number of aromatic nitrogens is 1. The van der Waals surface area contributed by atoms with Crippen LogP contribution in [0.2, 0.25) is 0 Å². The summed E-state index contributed by atoms with van der Waals surface area (Å²) < 4.78 is 0. The van der Waals surface area contributed by atoms with Gasteiger partial charge in [0, 0.05) is 49.5 Å². The molecule has 1 saturated carbocycles. The van der Waals surface area contributed by atoms with E-state index in [-0.39, 0.29) is 0 Å². The minimum Gasteiger partial charge on any atom is -0.299 e. The van der Waals surface area contributed by atoms with Crippen molar-refractivity contribution in [2.45, 2.75) is 45.3 Å². The summed E-state index contributed by atoms with van der Waals surface area (Å²) in [6.07, 6.45) is 7.98. The second-order valence-corrected chi connectivity index (χ2v) is 8.91. The Labute approximate surface area is 155 Å². The van der Waals surface area contributed by atoms with Crippen molar-refractivity contribution in [2.75, 3.05) is 20.1 Å². The number of rotatable bonds is 5. The molecule has 0 bridgehead atoms. The lowest BCUT2D eigenvalue weighted by molar-refractivity contribution is 0.105. The molecule has 1 aliphatic carbocycles. The molecule has 0 amide bonds. The van der Waals surface area contributed by atoms with Gasteiger partial charge in [-0.3, -0.25) is 14.8 Å². The monoisotopic (exact) mass is 355 g/mol. The van der Waals surface area contributed by atoms with Gasteiger partial charge < -0.3 is 0 Å². The minimum absolute atomic E-state index is 0.723. The standard InChI is InChI=1S/C21H29N3S/c1-16-8-11-25-21(16)15-24-13-18-4-3-5-20(19(18)14-24)23(2)12-17-6-9-22-10-7-17/h6-11,18-20H,3-5,12-15H2,1-2H3.